The maximum absolute atomic E-state index is 3.91. The van der Waals surface area contributed by atoms with Crippen molar-refractivity contribution in [2.24, 2.45) is 29.6 Å². The molecule has 4 rings (SSSR count). The van der Waals surface area contributed by atoms with Gasteiger partial charge in [-0.25, -0.2) is 0 Å². The predicted octanol–water partition coefficient (Wildman–Crippen LogP) is 6.90. The molecule has 0 radical (unpaired) electrons. The van der Waals surface area contributed by atoms with E-state index in [2.05, 4.69) is 37.8 Å². The lowest BCUT2D eigenvalue weighted by Crippen LogP contribution is -2.35. The Bertz CT molecular complexity index is 598. The lowest BCUT2D eigenvalue weighted by molar-refractivity contribution is 0.0699. The van der Waals surface area contributed by atoms with Gasteiger partial charge >= 0.3 is 0 Å². The molecule has 0 heteroatoms. The van der Waals surface area contributed by atoms with E-state index in [4.69, 9.17) is 0 Å². The van der Waals surface area contributed by atoms with Gasteiger partial charge < -0.3 is 0 Å². The van der Waals surface area contributed by atoms with Crippen LogP contribution >= 0.6 is 0 Å². The first-order valence-corrected chi connectivity index (χ1v) is 10.9. The summed E-state index contributed by atoms with van der Waals surface area (Å²) in [5.74, 6) is 5.09. The number of benzene rings is 1. The Balaban J connectivity index is 1.34. The molecule has 0 spiro atoms. The standard InChI is InChI=1S/C25H36/c1-3-4-5-19-7-9-23-17-25(13-11-21(23)15-19)24-12-10-20-14-18(2)6-8-22(20)16-24/h3,6,8,14,19,21,23-25H,1,4-5,7,9-13,15-17H2,2H3. The highest BCUT2D eigenvalue weighted by molar-refractivity contribution is 5.33. The molecule has 0 aromatic heterocycles. The number of hydrogen-bond donors (Lipinski definition) is 0. The van der Waals surface area contributed by atoms with Crippen LogP contribution in [0.4, 0.5) is 0 Å². The van der Waals surface area contributed by atoms with Gasteiger partial charge in [0.05, 0.1) is 0 Å². The number of allylic oxidation sites excluding steroid dienone is 1. The Hall–Kier alpha value is -1.04. The molecule has 5 unspecified atom stereocenters. The van der Waals surface area contributed by atoms with Crippen molar-refractivity contribution in [1.82, 2.24) is 0 Å². The molecule has 0 heterocycles. The van der Waals surface area contributed by atoms with E-state index in [9.17, 15) is 0 Å². The summed E-state index contributed by atoms with van der Waals surface area (Å²) in [6.07, 6.45) is 18.0. The molecule has 0 bridgehead atoms. The minimum Gasteiger partial charge on any atom is -0.103 e. The van der Waals surface area contributed by atoms with Crippen molar-refractivity contribution in [3.8, 4) is 0 Å². The van der Waals surface area contributed by atoms with Gasteiger partial charge in [0, 0.05) is 0 Å². The van der Waals surface area contributed by atoms with Crippen LogP contribution in [0.3, 0.4) is 0 Å². The minimum atomic E-state index is 0.967. The van der Waals surface area contributed by atoms with E-state index in [1.165, 1.54) is 69.8 Å². The molecule has 2 fully saturated rings. The number of rotatable bonds is 4. The van der Waals surface area contributed by atoms with Crippen molar-refractivity contribution in [3.63, 3.8) is 0 Å². The van der Waals surface area contributed by atoms with Gasteiger partial charge in [-0.2, -0.15) is 0 Å². The lowest BCUT2D eigenvalue weighted by atomic mass is 9.61. The van der Waals surface area contributed by atoms with Crippen LogP contribution in [0.15, 0.2) is 30.9 Å². The highest BCUT2D eigenvalue weighted by Crippen LogP contribution is 2.49. The highest BCUT2D eigenvalue weighted by Gasteiger charge is 2.38. The van der Waals surface area contributed by atoms with Crippen molar-refractivity contribution in [1.29, 1.82) is 0 Å². The molecule has 3 aliphatic carbocycles. The van der Waals surface area contributed by atoms with E-state index in [0.717, 1.165) is 29.6 Å². The topological polar surface area (TPSA) is 0 Å². The Morgan fingerprint density at radius 1 is 0.920 bits per heavy atom. The van der Waals surface area contributed by atoms with Gasteiger partial charge in [-0.05, 0) is 112 Å². The monoisotopic (exact) mass is 336 g/mol. The van der Waals surface area contributed by atoms with Crippen LogP contribution in [0.2, 0.25) is 0 Å². The molecule has 1 aromatic rings. The van der Waals surface area contributed by atoms with Crippen molar-refractivity contribution in [2.45, 2.75) is 77.6 Å². The molecule has 136 valence electrons. The van der Waals surface area contributed by atoms with Crippen LogP contribution in [0.5, 0.6) is 0 Å². The van der Waals surface area contributed by atoms with E-state index in [0.29, 0.717) is 0 Å². The van der Waals surface area contributed by atoms with Crippen molar-refractivity contribution >= 4 is 0 Å². The van der Waals surface area contributed by atoms with Crippen molar-refractivity contribution in [3.05, 3.63) is 47.5 Å². The third-order valence-electron chi connectivity index (χ3n) is 7.84. The van der Waals surface area contributed by atoms with E-state index in [1.807, 2.05) is 0 Å². The summed E-state index contributed by atoms with van der Waals surface area (Å²) in [6, 6.07) is 7.18. The average Bonchev–Trinajstić information content (AvgIpc) is 2.65. The predicted molar refractivity (Wildman–Crippen MR) is 108 cm³/mol. The first-order valence-electron chi connectivity index (χ1n) is 10.9. The third kappa shape index (κ3) is 3.88. The largest absolute Gasteiger partial charge is 0.103 e. The van der Waals surface area contributed by atoms with Crippen molar-refractivity contribution in [2.75, 3.05) is 0 Å². The molecule has 0 nitrogen and oxygen atoms in total. The molecule has 0 N–H and O–H groups in total. The summed E-state index contributed by atoms with van der Waals surface area (Å²) >= 11 is 0. The normalized spacial score (nSPS) is 34.8. The molecule has 2 saturated carbocycles. The Morgan fingerprint density at radius 3 is 2.52 bits per heavy atom. The van der Waals surface area contributed by atoms with E-state index < -0.39 is 0 Å². The fourth-order valence-electron chi connectivity index (χ4n) is 6.38. The maximum atomic E-state index is 3.91. The summed E-state index contributed by atoms with van der Waals surface area (Å²) in [4.78, 5) is 0. The Kier molecular flexibility index (Phi) is 5.34. The molecule has 0 aliphatic heterocycles. The fourth-order valence-corrected chi connectivity index (χ4v) is 6.38. The second kappa shape index (κ2) is 7.68. The zero-order chi connectivity index (χ0) is 17.2. The van der Waals surface area contributed by atoms with Gasteiger partial charge in [-0.1, -0.05) is 36.3 Å². The van der Waals surface area contributed by atoms with Crippen LogP contribution in [0, 0.1) is 36.5 Å². The minimum absolute atomic E-state index is 0.967. The maximum Gasteiger partial charge on any atom is -0.0245 e. The number of fused-ring (bicyclic) bond motifs is 2. The van der Waals surface area contributed by atoms with Crippen LogP contribution in [0.25, 0.3) is 0 Å². The van der Waals surface area contributed by atoms with Crippen LogP contribution in [-0.4, -0.2) is 0 Å². The SMILES string of the molecule is C=CCCC1CCC2CC(C3CCc4cc(C)ccc4C3)CCC2C1. The zero-order valence-corrected chi connectivity index (χ0v) is 16.2. The van der Waals surface area contributed by atoms with Gasteiger partial charge in [0.25, 0.3) is 0 Å². The molecular formula is C25H36. The Morgan fingerprint density at radius 2 is 1.68 bits per heavy atom. The first-order chi connectivity index (χ1) is 12.2. The molecular weight excluding hydrogens is 300 g/mol. The van der Waals surface area contributed by atoms with Crippen LogP contribution in [-0.2, 0) is 12.8 Å². The van der Waals surface area contributed by atoms with E-state index in [1.54, 1.807) is 17.5 Å². The summed E-state index contributed by atoms with van der Waals surface area (Å²) in [7, 11) is 0. The quantitative estimate of drug-likeness (QED) is 0.525. The number of hydrogen-bond acceptors (Lipinski definition) is 0. The first kappa shape index (κ1) is 17.4. The van der Waals surface area contributed by atoms with Crippen LogP contribution in [0.1, 0.15) is 74.5 Å². The summed E-state index contributed by atoms with van der Waals surface area (Å²) < 4.78 is 0. The third-order valence-corrected chi connectivity index (χ3v) is 7.84. The van der Waals surface area contributed by atoms with Crippen molar-refractivity contribution < 1.29 is 0 Å². The molecule has 3 aliphatic rings. The van der Waals surface area contributed by atoms with Gasteiger partial charge in [0.15, 0.2) is 0 Å². The van der Waals surface area contributed by atoms with Gasteiger partial charge in [0.2, 0.25) is 0 Å². The molecule has 25 heavy (non-hydrogen) atoms. The van der Waals surface area contributed by atoms with E-state index >= 15 is 0 Å². The second-order valence-corrected chi connectivity index (χ2v) is 9.41. The molecule has 5 atom stereocenters. The molecule has 0 saturated heterocycles. The second-order valence-electron chi connectivity index (χ2n) is 9.41. The highest BCUT2D eigenvalue weighted by atomic mass is 14.4. The average molecular weight is 337 g/mol. The summed E-state index contributed by atoms with van der Waals surface area (Å²) in [5.41, 5.74) is 4.75. The van der Waals surface area contributed by atoms with Crippen LogP contribution < -0.4 is 0 Å². The molecule has 0 amide bonds. The van der Waals surface area contributed by atoms with Gasteiger partial charge in [-0.15, -0.1) is 6.58 Å². The van der Waals surface area contributed by atoms with E-state index in [-0.39, 0.29) is 0 Å². The van der Waals surface area contributed by atoms with Gasteiger partial charge in [-0.3, -0.25) is 0 Å². The Labute approximate surface area is 155 Å². The number of aryl methyl sites for hydroxylation is 2. The summed E-state index contributed by atoms with van der Waals surface area (Å²) in [5, 5.41) is 0. The lowest BCUT2D eigenvalue weighted by Gasteiger charge is -2.45. The smallest absolute Gasteiger partial charge is 0.0245 e. The summed E-state index contributed by atoms with van der Waals surface area (Å²) in [6.45, 7) is 6.14. The zero-order valence-electron chi connectivity index (χ0n) is 16.2. The molecule has 1 aromatic carbocycles. The fraction of sp³-hybridized carbons (Fsp3) is 0.680. The van der Waals surface area contributed by atoms with Gasteiger partial charge in [0.1, 0.15) is 0 Å².